The van der Waals surface area contributed by atoms with Crippen LogP contribution in [-0.4, -0.2) is 30.0 Å². The van der Waals surface area contributed by atoms with Crippen molar-refractivity contribution in [2.45, 2.75) is 39.0 Å². The second-order valence-electron chi connectivity index (χ2n) is 7.99. The Labute approximate surface area is 171 Å². The van der Waals surface area contributed by atoms with E-state index in [-0.39, 0.29) is 28.2 Å². The Balaban J connectivity index is 1.60. The summed E-state index contributed by atoms with van der Waals surface area (Å²) in [6.07, 6.45) is 4.86. The number of carbonyl (C=O) groups excluding carboxylic acids is 4. The highest BCUT2D eigenvalue weighted by Gasteiger charge is 2.49. The molecule has 8 heteroatoms. The smallest absolute Gasteiger partial charge is 0.294 e. The third-order valence-corrected chi connectivity index (χ3v) is 7.16. The number of hydrogen-bond donors (Lipinski definition) is 1. The molecule has 1 aromatic rings. The molecule has 2 fully saturated rings. The Kier molecular flexibility index (Phi) is 4.74. The summed E-state index contributed by atoms with van der Waals surface area (Å²) in [6.45, 7) is 1.67. The van der Waals surface area contributed by atoms with Crippen molar-refractivity contribution in [1.29, 1.82) is 0 Å². The summed E-state index contributed by atoms with van der Waals surface area (Å²) >= 11 is 12.7. The summed E-state index contributed by atoms with van der Waals surface area (Å²) in [5.74, 6) is -3.13. The van der Waals surface area contributed by atoms with Crippen molar-refractivity contribution in [3.63, 3.8) is 0 Å². The molecule has 1 aromatic carbocycles. The Bertz CT molecular complexity index is 922. The second kappa shape index (κ2) is 6.85. The first kappa shape index (κ1) is 19.4. The van der Waals surface area contributed by atoms with Crippen molar-refractivity contribution in [1.82, 2.24) is 5.32 Å². The van der Waals surface area contributed by atoms with Gasteiger partial charge in [0.25, 0.3) is 5.91 Å². The first-order valence-corrected chi connectivity index (χ1v) is 10.1. The normalized spacial score (nSPS) is 27.5. The number of imide groups is 1. The Morgan fingerprint density at radius 1 is 1.14 bits per heavy atom. The predicted molar refractivity (Wildman–Crippen MR) is 102 cm³/mol. The van der Waals surface area contributed by atoms with Gasteiger partial charge in [-0.3, -0.25) is 24.5 Å². The van der Waals surface area contributed by atoms with Crippen LogP contribution in [0.25, 0.3) is 0 Å². The van der Waals surface area contributed by atoms with E-state index in [0.29, 0.717) is 17.9 Å². The molecule has 1 saturated heterocycles. The Hall–Kier alpha value is -1.92. The van der Waals surface area contributed by atoms with Crippen LogP contribution in [0.4, 0.5) is 0 Å². The minimum absolute atomic E-state index is 0.0174. The number of Topliss-reactive ketones (excluding diaryl/α,β-unsaturated/α-hetero) is 2. The molecule has 148 valence electrons. The maximum absolute atomic E-state index is 13.2. The fourth-order valence-corrected chi connectivity index (χ4v) is 5.16. The lowest BCUT2D eigenvalue weighted by atomic mass is 9.73. The monoisotopic (exact) mass is 423 g/mol. The summed E-state index contributed by atoms with van der Waals surface area (Å²) < 4.78 is 5.58. The molecule has 0 bridgehead atoms. The van der Waals surface area contributed by atoms with Crippen LogP contribution in [0.15, 0.2) is 6.07 Å². The van der Waals surface area contributed by atoms with Gasteiger partial charge in [0.2, 0.25) is 11.7 Å². The van der Waals surface area contributed by atoms with Crippen molar-refractivity contribution >= 4 is 46.6 Å². The van der Waals surface area contributed by atoms with E-state index in [9.17, 15) is 19.2 Å². The van der Waals surface area contributed by atoms with Crippen LogP contribution in [0.1, 0.15) is 48.5 Å². The molecule has 1 heterocycles. The molecule has 3 aliphatic rings. The van der Waals surface area contributed by atoms with E-state index in [2.05, 4.69) is 0 Å². The van der Waals surface area contributed by atoms with Crippen LogP contribution >= 0.6 is 23.2 Å². The van der Waals surface area contributed by atoms with Crippen LogP contribution in [0.2, 0.25) is 10.0 Å². The Morgan fingerprint density at radius 3 is 2.43 bits per heavy atom. The first-order chi connectivity index (χ1) is 13.2. The van der Waals surface area contributed by atoms with Crippen LogP contribution in [-0.2, 0) is 20.8 Å². The number of rotatable bonds is 4. The van der Waals surface area contributed by atoms with E-state index in [1.54, 1.807) is 6.07 Å². The van der Waals surface area contributed by atoms with Gasteiger partial charge >= 0.3 is 0 Å². The molecule has 2 atom stereocenters. The maximum Gasteiger partial charge on any atom is 0.294 e. The summed E-state index contributed by atoms with van der Waals surface area (Å²) in [5, 5.41) is 2.17. The molecule has 28 heavy (non-hydrogen) atoms. The molecule has 2 aliphatic carbocycles. The van der Waals surface area contributed by atoms with E-state index >= 15 is 0 Å². The summed E-state index contributed by atoms with van der Waals surface area (Å²) in [5.41, 5.74) is 0.707. The lowest BCUT2D eigenvalue weighted by Gasteiger charge is -2.29. The zero-order chi connectivity index (χ0) is 20.2. The number of ketones is 2. The number of nitrogens with one attached hydrogen (secondary N) is 1. The summed E-state index contributed by atoms with van der Waals surface area (Å²) in [4.78, 5) is 47.9. The van der Waals surface area contributed by atoms with Gasteiger partial charge in [-0.2, -0.15) is 0 Å². The molecule has 1 saturated carbocycles. The van der Waals surface area contributed by atoms with E-state index < -0.39 is 28.9 Å². The second-order valence-corrected chi connectivity index (χ2v) is 8.74. The summed E-state index contributed by atoms with van der Waals surface area (Å²) in [6, 6.07) is 1.67. The number of halogens is 2. The number of benzene rings is 1. The third kappa shape index (κ3) is 2.85. The van der Waals surface area contributed by atoms with E-state index in [4.69, 9.17) is 27.9 Å². The fourth-order valence-electron chi connectivity index (χ4n) is 4.66. The van der Waals surface area contributed by atoms with Crippen molar-refractivity contribution in [3.05, 3.63) is 27.2 Å². The van der Waals surface area contributed by atoms with Gasteiger partial charge in [0.05, 0.1) is 5.02 Å². The lowest BCUT2D eigenvalue weighted by Crippen LogP contribution is -2.32. The van der Waals surface area contributed by atoms with Gasteiger partial charge < -0.3 is 4.74 Å². The number of fused-ring (bicyclic) bond motifs is 1. The molecule has 0 spiro atoms. The van der Waals surface area contributed by atoms with Gasteiger partial charge in [-0.15, -0.1) is 0 Å². The predicted octanol–water partition coefficient (Wildman–Crippen LogP) is 3.15. The molecule has 4 rings (SSSR count). The SMILES string of the molecule is CC1(C2CCCC2)Cc2cc(OCC3C(=O)NC(=O)C3=O)c(Cl)c(Cl)c2C1=O. The van der Waals surface area contributed by atoms with Gasteiger partial charge in [-0.1, -0.05) is 43.0 Å². The van der Waals surface area contributed by atoms with Gasteiger partial charge in [0, 0.05) is 11.0 Å². The topological polar surface area (TPSA) is 89.5 Å². The van der Waals surface area contributed by atoms with Gasteiger partial charge in [0.1, 0.15) is 23.3 Å². The van der Waals surface area contributed by atoms with Crippen LogP contribution in [0, 0.1) is 17.3 Å². The molecule has 6 nitrogen and oxygen atoms in total. The van der Waals surface area contributed by atoms with E-state index in [1.165, 1.54) is 0 Å². The molecule has 0 aromatic heterocycles. The van der Waals surface area contributed by atoms with Crippen molar-refractivity contribution in [3.8, 4) is 5.75 Å². The highest BCUT2D eigenvalue weighted by atomic mass is 35.5. The molecule has 1 aliphatic heterocycles. The van der Waals surface area contributed by atoms with Crippen LogP contribution in [0.3, 0.4) is 0 Å². The van der Waals surface area contributed by atoms with Crippen LogP contribution in [0.5, 0.6) is 5.75 Å². The lowest BCUT2D eigenvalue weighted by molar-refractivity contribution is -0.137. The summed E-state index contributed by atoms with van der Waals surface area (Å²) in [7, 11) is 0. The van der Waals surface area contributed by atoms with Gasteiger partial charge in [-0.25, -0.2) is 0 Å². The first-order valence-electron chi connectivity index (χ1n) is 9.31. The minimum atomic E-state index is -1.21. The molecule has 2 amide bonds. The molecule has 0 radical (unpaired) electrons. The highest BCUT2D eigenvalue weighted by Crippen LogP contribution is 2.52. The molecule has 1 N–H and O–H groups in total. The number of carbonyl (C=O) groups is 4. The highest BCUT2D eigenvalue weighted by molar-refractivity contribution is 6.48. The minimum Gasteiger partial charge on any atom is -0.491 e. The van der Waals surface area contributed by atoms with Crippen molar-refractivity contribution < 1.29 is 23.9 Å². The van der Waals surface area contributed by atoms with Gasteiger partial charge in [-0.05, 0) is 36.8 Å². The third-order valence-electron chi connectivity index (χ3n) is 6.31. The average molecular weight is 424 g/mol. The average Bonchev–Trinajstić information content (AvgIpc) is 3.32. The van der Waals surface area contributed by atoms with Gasteiger partial charge in [0.15, 0.2) is 5.78 Å². The van der Waals surface area contributed by atoms with Crippen molar-refractivity contribution in [2.24, 2.45) is 17.3 Å². The zero-order valence-corrected chi connectivity index (χ0v) is 16.8. The Morgan fingerprint density at radius 2 is 1.82 bits per heavy atom. The van der Waals surface area contributed by atoms with E-state index in [0.717, 1.165) is 31.2 Å². The van der Waals surface area contributed by atoms with E-state index in [1.807, 2.05) is 12.2 Å². The van der Waals surface area contributed by atoms with Crippen molar-refractivity contribution in [2.75, 3.05) is 6.61 Å². The quantitative estimate of drug-likeness (QED) is 0.456. The molecular weight excluding hydrogens is 405 g/mol. The van der Waals surface area contributed by atoms with Crippen LogP contribution < -0.4 is 10.1 Å². The standard InChI is InChI=1S/C20H19Cl2NO5/c1-20(10-4-2-3-5-10)7-9-6-12(14(21)15(22)13(9)17(20)25)28-8-11-16(24)19(27)23-18(11)26/h6,10-11H,2-5,7-8H2,1H3,(H,23,26,27). The molecule has 2 unspecified atom stereocenters. The maximum atomic E-state index is 13.2. The fraction of sp³-hybridized carbons (Fsp3) is 0.500. The zero-order valence-electron chi connectivity index (χ0n) is 15.3. The largest absolute Gasteiger partial charge is 0.491 e. The number of hydrogen-bond acceptors (Lipinski definition) is 5. The number of ether oxygens (including phenoxy) is 1. The number of amides is 2. The molecular formula is C20H19Cl2NO5.